The van der Waals surface area contributed by atoms with Gasteiger partial charge in [-0.1, -0.05) is 6.07 Å². The molecule has 2 aliphatic heterocycles. The monoisotopic (exact) mass is 425 g/mol. The minimum absolute atomic E-state index is 0.669. The molecule has 0 saturated carbocycles. The lowest BCUT2D eigenvalue weighted by Crippen LogP contribution is -2.44. The van der Waals surface area contributed by atoms with Crippen molar-refractivity contribution in [2.24, 2.45) is 4.99 Å². The van der Waals surface area contributed by atoms with Crippen molar-refractivity contribution in [3.05, 3.63) is 47.2 Å². The highest BCUT2D eigenvalue weighted by Crippen LogP contribution is 2.33. The number of hydrogen-bond acceptors (Lipinski definition) is 6. The topological polar surface area (TPSA) is 71.5 Å². The van der Waals surface area contributed by atoms with E-state index in [1.54, 1.807) is 14.2 Å². The van der Waals surface area contributed by atoms with E-state index in [0.717, 1.165) is 74.7 Å². The largest absolute Gasteiger partial charge is 0.493 e. The molecule has 0 radical (unpaired) electrons. The molecular weight excluding hydrogens is 394 g/mol. The highest BCUT2D eigenvalue weighted by Gasteiger charge is 2.22. The first-order valence-electron chi connectivity index (χ1n) is 10.7. The second-order valence-electron chi connectivity index (χ2n) is 7.63. The van der Waals surface area contributed by atoms with Gasteiger partial charge in [0.2, 0.25) is 0 Å². The maximum atomic E-state index is 5.49. The molecule has 1 aromatic heterocycles. The maximum Gasteiger partial charge on any atom is 0.194 e. The number of benzene rings is 1. The molecule has 0 unspecified atom stereocenters. The number of rotatable bonds is 5. The molecule has 31 heavy (non-hydrogen) atoms. The first-order valence-corrected chi connectivity index (χ1v) is 10.7. The van der Waals surface area contributed by atoms with Crippen LogP contribution in [-0.4, -0.2) is 70.0 Å². The molecule has 0 atom stereocenters. The predicted octanol–water partition coefficient (Wildman–Crippen LogP) is 2.07. The van der Waals surface area contributed by atoms with E-state index in [9.17, 15) is 0 Å². The van der Waals surface area contributed by atoms with Crippen LogP contribution in [0.25, 0.3) is 0 Å². The molecule has 3 heterocycles. The molecule has 2 aliphatic rings. The van der Waals surface area contributed by atoms with Crippen LogP contribution in [-0.2, 0) is 24.2 Å². The van der Waals surface area contributed by atoms with Crippen LogP contribution in [0.5, 0.6) is 11.5 Å². The Morgan fingerprint density at radius 3 is 2.58 bits per heavy atom. The van der Waals surface area contributed by atoms with Crippen molar-refractivity contribution in [1.29, 1.82) is 0 Å². The number of guanidine groups is 1. The minimum Gasteiger partial charge on any atom is -0.493 e. The van der Waals surface area contributed by atoms with Crippen LogP contribution in [0.2, 0.25) is 0 Å². The summed E-state index contributed by atoms with van der Waals surface area (Å²) < 4.78 is 16.4. The molecule has 4 rings (SSSR count). The van der Waals surface area contributed by atoms with E-state index in [1.165, 1.54) is 11.1 Å². The van der Waals surface area contributed by atoms with Gasteiger partial charge in [-0.15, -0.1) is 0 Å². The third-order valence-corrected chi connectivity index (χ3v) is 5.84. The highest BCUT2D eigenvalue weighted by atomic mass is 16.5. The number of nitrogens with zero attached hydrogens (tertiary/aromatic N) is 4. The molecule has 0 bridgehead atoms. The van der Waals surface area contributed by atoms with Gasteiger partial charge in [-0.05, 0) is 35.7 Å². The van der Waals surface area contributed by atoms with Crippen LogP contribution < -0.4 is 19.7 Å². The van der Waals surface area contributed by atoms with Gasteiger partial charge in [0.05, 0.1) is 27.4 Å². The number of fused-ring (bicyclic) bond motifs is 1. The number of methoxy groups -OCH3 is 2. The lowest BCUT2D eigenvalue weighted by atomic mass is 9.99. The second-order valence-corrected chi connectivity index (χ2v) is 7.63. The second kappa shape index (κ2) is 9.87. The van der Waals surface area contributed by atoms with Gasteiger partial charge in [0.15, 0.2) is 17.5 Å². The Balaban J connectivity index is 1.45. The quantitative estimate of drug-likeness (QED) is 0.581. The summed E-state index contributed by atoms with van der Waals surface area (Å²) in [4.78, 5) is 13.7. The zero-order valence-corrected chi connectivity index (χ0v) is 18.6. The SMILES string of the molecule is CN=C(NCc1cccnc1N1CCOCC1)N1CCc2cc(OC)c(OC)cc2C1. The van der Waals surface area contributed by atoms with E-state index in [1.807, 2.05) is 19.3 Å². The van der Waals surface area contributed by atoms with E-state index in [4.69, 9.17) is 14.2 Å². The van der Waals surface area contributed by atoms with Crippen LogP contribution in [0, 0.1) is 0 Å². The number of ether oxygens (including phenoxy) is 3. The molecule has 1 saturated heterocycles. The summed E-state index contributed by atoms with van der Waals surface area (Å²) in [7, 11) is 5.18. The van der Waals surface area contributed by atoms with Crippen molar-refractivity contribution < 1.29 is 14.2 Å². The first kappa shape index (κ1) is 21.2. The fourth-order valence-electron chi connectivity index (χ4n) is 4.20. The van der Waals surface area contributed by atoms with Crippen molar-refractivity contribution in [3.63, 3.8) is 0 Å². The number of morpholine rings is 1. The predicted molar refractivity (Wildman–Crippen MR) is 121 cm³/mol. The Morgan fingerprint density at radius 1 is 1.13 bits per heavy atom. The molecule has 166 valence electrons. The van der Waals surface area contributed by atoms with Gasteiger partial charge in [-0.3, -0.25) is 4.99 Å². The lowest BCUT2D eigenvalue weighted by Gasteiger charge is -2.33. The Bertz CT molecular complexity index is 927. The van der Waals surface area contributed by atoms with Gasteiger partial charge in [0.25, 0.3) is 0 Å². The van der Waals surface area contributed by atoms with Crippen LogP contribution in [0.4, 0.5) is 5.82 Å². The van der Waals surface area contributed by atoms with Crippen LogP contribution >= 0.6 is 0 Å². The Morgan fingerprint density at radius 2 is 1.87 bits per heavy atom. The molecule has 8 nitrogen and oxygen atoms in total. The number of anilines is 1. The van der Waals surface area contributed by atoms with Gasteiger partial charge in [-0.25, -0.2) is 4.98 Å². The average molecular weight is 426 g/mol. The molecule has 1 fully saturated rings. The average Bonchev–Trinajstić information content (AvgIpc) is 2.84. The summed E-state index contributed by atoms with van der Waals surface area (Å²) >= 11 is 0. The standard InChI is InChI=1S/C23H31N5O3/c1-24-23(26-15-18-5-4-7-25-22(18)27-9-11-31-12-10-27)28-8-6-17-13-20(29-2)21(30-3)14-19(17)16-28/h4-5,7,13-14H,6,8-12,15-16H2,1-3H3,(H,24,26). The highest BCUT2D eigenvalue weighted by molar-refractivity contribution is 5.80. The molecular formula is C23H31N5O3. The van der Waals surface area contributed by atoms with E-state index >= 15 is 0 Å². The van der Waals surface area contributed by atoms with Crippen LogP contribution in [0.3, 0.4) is 0 Å². The summed E-state index contributed by atoms with van der Waals surface area (Å²) in [5.41, 5.74) is 3.70. The number of aliphatic imine (C=N–C) groups is 1. The van der Waals surface area contributed by atoms with Crippen LogP contribution in [0.15, 0.2) is 35.5 Å². The summed E-state index contributed by atoms with van der Waals surface area (Å²) in [6.45, 7) is 5.56. The number of aromatic nitrogens is 1. The van der Waals surface area contributed by atoms with Crippen molar-refractivity contribution in [3.8, 4) is 11.5 Å². The maximum absolute atomic E-state index is 5.49. The van der Waals surface area contributed by atoms with E-state index < -0.39 is 0 Å². The van der Waals surface area contributed by atoms with Gasteiger partial charge >= 0.3 is 0 Å². The summed E-state index contributed by atoms with van der Waals surface area (Å²) in [6.07, 6.45) is 2.79. The van der Waals surface area contributed by atoms with E-state index in [2.05, 4.69) is 43.3 Å². The van der Waals surface area contributed by atoms with Crippen molar-refractivity contribution in [1.82, 2.24) is 15.2 Å². The summed E-state index contributed by atoms with van der Waals surface area (Å²) in [6, 6.07) is 8.28. The zero-order valence-electron chi connectivity index (χ0n) is 18.6. The first-order chi connectivity index (χ1) is 15.2. The third-order valence-electron chi connectivity index (χ3n) is 5.84. The van der Waals surface area contributed by atoms with E-state index in [-0.39, 0.29) is 0 Å². The molecule has 1 N–H and O–H groups in total. The molecule has 0 amide bonds. The van der Waals surface area contributed by atoms with Crippen LogP contribution in [0.1, 0.15) is 16.7 Å². The van der Waals surface area contributed by atoms with Crippen molar-refractivity contribution in [2.75, 3.05) is 59.0 Å². The fourth-order valence-corrected chi connectivity index (χ4v) is 4.20. The van der Waals surface area contributed by atoms with Gasteiger partial charge in [0.1, 0.15) is 5.82 Å². The molecule has 1 aromatic carbocycles. The van der Waals surface area contributed by atoms with Gasteiger partial charge < -0.3 is 29.3 Å². The Kier molecular flexibility index (Phi) is 6.76. The molecule has 2 aromatic rings. The normalized spacial score (nSPS) is 16.7. The number of hydrogen-bond donors (Lipinski definition) is 1. The minimum atomic E-state index is 0.669. The molecule has 0 spiro atoms. The number of nitrogens with one attached hydrogen (secondary N) is 1. The summed E-state index contributed by atoms with van der Waals surface area (Å²) in [5, 5.41) is 3.54. The zero-order chi connectivity index (χ0) is 21.6. The van der Waals surface area contributed by atoms with Gasteiger partial charge in [-0.2, -0.15) is 0 Å². The molecule has 0 aliphatic carbocycles. The van der Waals surface area contributed by atoms with E-state index in [0.29, 0.717) is 6.54 Å². The summed E-state index contributed by atoms with van der Waals surface area (Å²) in [5.74, 6) is 3.45. The Labute approximate surface area is 183 Å². The smallest absolute Gasteiger partial charge is 0.194 e. The lowest BCUT2D eigenvalue weighted by molar-refractivity contribution is 0.122. The fraction of sp³-hybridized carbons (Fsp3) is 0.478. The number of pyridine rings is 1. The van der Waals surface area contributed by atoms with Gasteiger partial charge in [0, 0.05) is 51.5 Å². The van der Waals surface area contributed by atoms with Crippen molar-refractivity contribution in [2.45, 2.75) is 19.5 Å². The van der Waals surface area contributed by atoms with Crippen molar-refractivity contribution >= 4 is 11.8 Å². The Hall–Kier alpha value is -3.00. The molecule has 8 heteroatoms. The third kappa shape index (κ3) is 4.69.